The maximum Gasteiger partial charge on any atom is 0.244 e. The fourth-order valence-corrected chi connectivity index (χ4v) is 0.899. The maximum absolute atomic E-state index is 5.36. The largest absolute Gasteiger partial charge is 0.439 e. The van der Waals surface area contributed by atoms with Gasteiger partial charge in [0.2, 0.25) is 5.89 Å². The lowest BCUT2D eigenvalue weighted by molar-refractivity contribution is 0.519. The highest BCUT2D eigenvalue weighted by molar-refractivity contribution is 5.44. The van der Waals surface area contributed by atoms with Crippen molar-refractivity contribution >= 4 is 0 Å². The van der Waals surface area contributed by atoms with E-state index in [4.69, 9.17) is 10.2 Å². The highest BCUT2D eigenvalue weighted by Gasteiger charge is 2.05. The van der Waals surface area contributed by atoms with Crippen LogP contribution in [-0.4, -0.2) is 15.0 Å². The lowest BCUT2D eigenvalue weighted by Gasteiger charge is -1.87. The van der Waals surface area contributed by atoms with Crippen LogP contribution in [0.15, 0.2) is 23.1 Å². The first-order chi connectivity index (χ1) is 5.90. The monoisotopic (exact) mass is 164 g/mol. The summed E-state index contributed by atoms with van der Waals surface area (Å²) in [7, 11) is 0. The van der Waals surface area contributed by atoms with Crippen molar-refractivity contribution in [2.75, 3.05) is 0 Å². The number of aromatic nitrogens is 3. The number of nitrogens with one attached hydrogen (secondary N) is 1. The zero-order valence-corrected chi connectivity index (χ0v) is 6.32. The van der Waals surface area contributed by atoms with Crippen LogP contribution in [0.5, 0.6) is 0 Å². The van der Waals surface area contributed by atoms with Gasteiger partial charge in [0.25, 0.3) is 0 Å². The number of oxazole rings is 1. The van der Waals surface area contributed by atoms with E-state index in [9.17, 15) is 0 Å². The van der Waals surface area contributed by atoms with Crippen LogP contribution < -0.4 is 5.73 Å². The highest BCUT2D eigenvalue weighted by Crippen LogP contribution is 2.14. The van der Waals surface area contributed by atoms with Crippen LogP contribution in [0.25, 0.3) is 11.6 Å². The third-order valence-electron chi connectivity index (χ3n) is 1.48. The van der Waals surface area contributed by atoms with Gasteiger partial charge < -0.3 is 15.1 Å². The van der Waals surface area contributed by atoms with E-state index in [0.29, 0.717) is 18.2 Å². The molecule has 2 aromatic heterocycles. The van der Waals surface area contributed by atoms with Gasteiger partial charge in [0.15, 0.2) is 0 Å². The van der Waals surface area contributed by atoms with Gasteiger partial charge in [0, 0.05) is 0 Å². The molecule has 0 aliphatic rings. The summed E-state index contributed by atoms with van der Waals surface area (Å²) in [4.78, 5) is 10.7. The number of nitrogens with zero attached hydrogens (tertiary/aromatic N) is 2. The van der Waals surface area contributed by atoms with Crippen LogP contribution in [0.4, 0.5) is 0 Å². The van der Waals surface area contributed by atoms with Gasteiger partial charge in [-0.3, -0.25) is 0 Å². The normalized spacial score (nSPS) is 10.4. The topological polar surface area (TPSA) is 80.7 Å². The molecule has 0 saturated heterocycles. The van der Waals surface area contributed by atoms with E-state index in [1.165, 1.54) is 0 Å². The Morgan fingerprint density at radius 2 is 2.42 bits per heavy atom. The van der Waals surface area contributed by atoms with E-state index in [-0.39, 0.29) is 0 Å². The molecule has 0 bridgehead atoms. The number of H-pyrrole nitrogens is 1. The standard InChI is InChI=1S/C7H8N4O/c8-1-5-2-10-7(12-5)6-3-9-4-11-6/h2-4H,1,8H2,(H,9,11). The van der Waals surface area contributed by atoms with E-state index in [2.05, 4.69) is 15.0 Å². The van der Waals surface area contributed by atoms with E-state index in [0.717, 1.165) is 5.69 Å². The Bertz CT molecular complexity index is 351. The Kier molecular flexibility index (Phi) is 1.64. The Morgan fingerprint density at radius 3 is 3.00 bits per heavy atom. The predicted octanol–water partition coefficient (Wildman–Crippen LogP) is 0.523. The zero-order chi connectivity index (χ0) is 8.39. The van der Waals surface area contributed by atoms with Gasteiger partial charge in [-0.1, -0.05) is 0 Å². The average molecular weight is 164 g/mol. The Balaban J connectivity index is 2.35. The molecule has 3 N–H and O–H groups in total. The lowest BCUT2D eigenvalue weighted by atomic mass is 10.5. The van der Waals surface area contributed by atoms with E-state index in [1.807, 2.05) is 0 Å². The van der Waals surface area contributed by atoms with Crippen molar-refractivity contribution in [3.8, 4) is 11.6 Å². The molecule has 5 heteroatoms. The zero-order valence-electron chi connectivity index (χ0n) is 6.32. The van der Waals surface area contributed by atoms with Gasteiger partial charge in [-0.25, -0.2) is 9.97 Å². The number of hydrogen-bond donors (Lipinski definition) is 2. The molecule has 0 saturated carbocycles. The Hall–Kier alpha value is -1.62. The van der Waals surface area contributed by atoms with Gasteiger partial charge in [-0.2, -0.15) is 0 Å². The Labute approximate surface area is 68.6 Å². The van der Waals surface area contributed by atoms with Gasteiger partial charge in [-0.15, -0.1) is 0 Å². The van der Waals surface area contributed by atoms with Crippen LogP contribution in [0.1, 0.15) is 5.76 Å². The highest BCUT2D eigenvalue weighted by atomic mass is 16.4. The third-order valence-corrected chi connectivity index (χ3v) is 1.48. The molecule has 0 spiro atoms. The van der Waals surface area contributed by atoms with E-state index >= 15 is 0 Å². The quantitative estimate of drug-likeness (QED) is 0.678. The first kappa shape index (κ1) is 7.05. The fraction of sp³-hybridized carbons (Fsp3) is 0.143. The van der Waals surface area contributed by atoms with Crippen LogP contribution in [0, 0.1) is 0 Å². The summed E-state index contributed by atoms with van der Waals surface area (Å²) in [5, 5.41) is 0. The molecule has 0 aromatic carbocycles. The second-order valence-corrected chi connectivity index (χ2v) is 2.30. The molecule has 62 valence electrons. The Morgan fingerprint density at radius 1 is 1.50 bits per heavy atom. The molecular formula is C7H8N4O. The number of nitrogens with two attached hydrogens (primary N) is 1. The van der Waals surface area contributed by atoms with Crippen LogP contribution >= 0.6 is 0 Å². The summed E-state index contributed by atoms with van der Waals surface area (Å²) in [6, 6.07) is 0. The van der Waals surface area contributed by atoms with Crippen molar-refractivity contribution < 1.29 is 4.42 Å². The molecule has 0 amide bonds. The molecule has 0 unspecified atom stereocenters. The van der Waals surface area contributed by atoms with Gasteiger partial charge >= 0.3 is 0 Å². The number of imidazole rings is 1. The lowest BCUT2D eigenvalue weighted by Crippen LogP contribution is -1.92. The summed E-state index contributed by atoms with van der Waals surface area (Å²) in [5.41, 5.74) is 6.12. The molecular weight excluding hydrogens is 156 g/mol. The minimum Gasteiger partial charge on any atom is -0.439 e. The van der Waals surface area contributed by atoms with Gasteiger partial charge in [-0.05, 0) is 0 Å². The summed E-state index contributed by atoms with van der Waals surface area (Å²) in [5.74, 6) is 1.19. The minimum atomic E-state index is 0.362. The number of aromatic amines is 1. The number of rotatable bonds is 2. The first-order valence-electron chi connectivity index (χ1n) is 3.53. The molecule has 2 aromatic rings. The first-order valence-corrected chi connectivity index (χ1v) is 3.53. The van der Waals surface area contributed by atoms with E-state index < -0.39 is 0 Å². The smallest absolute Gasteiger partial charge is 0.244 e. The van der Waals surface area contributed by atoms with Gasteiger partial charge in [0.1, 0.15) is 11.5 Å². The van der Waals surface area contributed by atoms with Crippen LogP contribution in [0.3, 0.4) is 0 Å². The molecule has 2 heterocycles. The van der Waals surface area contributed by atoms with Crippen LogP contribution in [-0.2, 0) is 6.54 Å². The van der Waals surface area contributed by atoms with Crippen molar-refractivity contribution in [3.05, 3.63) is 24.5 Å². The fourth-order valence-electron chi connectivity index (χ4n) is 0.899. The predicted molar refractivity (Wildman–Crippen MR) is 42.0 cm³/mol. The van der Waals surface area contributed by atoms with Crippen molar-refractivity contribution in [1.82, 2.24) is 15.0 Å². The molecule has 0 radical (unpaired) electrons. The second kappa shape index (κ2) is 2.78. The summed E-state index contributed by atoms with van der Waals surface area (Å²) in [6.07, 6.45) is 4.82. The molecule has 0 aliphatic carbocycles. The SMILES string of the molecule is NCc1cnc(-c2cnc[nH]2)o1. The van der Waals surface area contributed by atoms with Crippen LogP contribution in [0.2, 0.25) is 0 Å². The maximum atomic E-state index is 5.36. The minimum absolute atomic E-state index is 0.362. The molecule has 12 heavy (non-hydrogen) atoms. The molecule has 5 nitrogen and oxygen atoms in total. The van der Waals surface area contributed by atoms with E-state index in [1.54, 1.807) is 18.7 Å². The van der Waals surface area contributed by atoms with Gasteiger partial charge in [0.05, 0.1) is 25.3 Å². The molecule has 0 aliphatic heterocycles. The summed E-state index contributed by atoms with van der Waals surface area (Å²) in [6.45, 7) is 0.362. The summed E-state index contributed by atoms with van der Waals surface area (Å²) < 4.78 is 5.27. The summed E-state index contributed by atoms with van der Waals surface area (Å²) >= 11 is 0. The van der Waals surface area contributed by atoms with Crippen molar-refractivity contribution in [1.29, 1.82) is 0 Å². The second-order valence-electron chi connectivity index (χ2n) is 2.30. The molecule has 0 atom stereocenters. The van der Waals surface area contributed by atoms with Crippen molar-refractivity contribution in [2.45, 2.75) is 6.54 Å². The van der Waals surface area contributed by atoms with Crippen molar-refractivity contribution in [3.63, 3.8) is 0 Å². The average Bonchev–Trinajstić information content (AvgIpc) is 2.75. The third kappa shape index (κ3) is 1.10. The molecule has 0 fully saturated rings. The molecule has 2 rings (SSSR count). The van der Waals surface area contributed by atoms with Crippen molar-refractivity contribution in [2.24, 2.45) is 5.73 Å². The number of hydrogen-bond acceptors (Lipinski definition) is 4.